The fourth-order valence-electron chi connectivity index (χ4n) is 3.75. The molecule has 0 spiro atoms. The quantitative estimate of drug-likeness (QED) is 0.780. The highest BCUT2D eigenvalue weighted by atomic mass is 16.2. The Bertz CT molecular complexity index is 595. The zero-order valence-electron chi connectivity index (χ0n) is 14.8. The van der Waals surface area contributed by atoms with Gasteiger partial charge in [-0.3, -0.25) is 9.59 Å². The number of piperidine rings is 1. The largest absolute Gasteiger partial charge is 0.342 e. The summed E-state index contributed by atoms with van der Waals surface area (Å²) in [5, 5.41) is 0. The Balaban J connectivity index is 1.71. The molecule has 1 aliphatic carbocycles. The normalized spacial score (nSPS) is 22.1. The van der Waals surface area contributed by atoms with Crippen LogP contribution < -0.4 is 0 Å². The molecule has 130 valence electrons. The highest BCUT2D eigenvalue weighted by molar-refractivity contribution is 6.07. The van der Waals surface area contributed by atoms with E-state index < -0.39 is 5.41 Å². The molecule has 3 rings (SSSR count). The minimum absolute atomic E-state index is 0.0251. The minimum atomic E-state index is -0.762. The topological polar surface area (TPSA) is 40.6 Å². The van der Waals surface area contributed by atoms with E-state index in [1.54, 1.807) is 0 Å². The zero-order valence-corrected chi connectivity index (χ0v) is 14.8. The van der Waals surface area contributed by atoms with Crippen molar-refractivity contribution in [2.24, 2.45) is 11.3 Å². The monoisotopic (exact) mass is 328 g/mol. The molecule has 4 heteroatoms. The summed E-state index contributed by atoms with van der Waals surface area (Å²) < 4.78 is 0. The molecular weight excluding hydrogens is 300 g/mol. The fourth-order valence-corrected chi connectivity index (χ4v) is 3.75. The van der Waals surface area contributed by atoms with Gasteiger partial charge in [-0.15, -0.1) is 0 Å². The zero-order chi connectivity index (χ0) is 17.2. The van der Waals surface area contributed by atoms with Gasteiger partial charge < -0.3 is 9.80 Å². The number of hydrogen-bond donors (Lipinski definition) is 0. The third-order valence-electron chi connectivity index (χ3n) is 5.40. The second kappa shape index (κ2) is 6.96. The SMILES string of the molecule is CCN(Cc1ccccc1)C(=O)C1(C(=O)N2CCCC(C)C2)CC1. The van der Waals surface area contributed by atoms with Crippen molar-refractivity contribution in [1.29, 1.82) is 0 Å². The van der Waals surface area contributed by atoms with Crippen LogP contribution >= 0.6 is 0 Å². The molecule has 24 heavy (non-hydrogen) atoms. The van der Waals surface area contributed by atoms with Gasteiger partial charge in [0.2, 0.25) is 11.8 Å². The summed E-state index contributed by atoms with van der Waals surface area (Å²) in [5.74, 6) is 0.642. The molecule has 1 aromatic carbocycles. The number of carbonyl (C=O) groups is 2. The summed E-state index contributed by atoms with van der Waals surface area (Å²) >= 11 is 0. The lowest BCUT2D eigenvalue weighted by Crippen LogP contribution is -2.49. The van der Waals surface area contributed by atoms with Gasteiger partial charge in [0.25, 0.3) is 0 Å². The predicted molar refractivity (Wildman–Crippen MR) is 94.2 cm³/mol. The van der Waals surface area contributed by atoms with E-state index in [4.69, 9.17) is 0 Å². The first-order valence-corrected chi connectivity index (χ1v) is 9.19. The summed E-state index contributed by atoms with van der Waals surface area (Å²) in [6.45, 7) is 7.02. The number of carbonyl (C=O) groups excluding carboxylic acids is 2. The molecule has 2 aliphatic rings. The van der Waals surface area contributed by atoms with Crippen molar-refractivity contribution >= 4 is 11.8 Å². The molecule has 0 radical (unpaired) electrons. The molecule has 1 atom stereocenters. The van der Waals surface area contributed by atoms with E-state index in [0.717, 1.165) is 25.1 Å². The van der Waals surface area contributed by atoms with Gasteiger partial charge in [-0.1, -0.05) is 37.3 Å². The van der Waals surface area contributed by atoms with Crippen molar-refractivity contribution in [3.8, 4) is 0 Å². The average molecular weight is 328 g/mol. The number of nitrogens with zero attached hydrogens (tertiary/aromatic N) is 2. The Hall–Kier alpha value is -1.84. The maximum Gasteiger partial charge on any atom is 0.238 e. The van der Waals surface area contributed by atoms with Crippen LogP contribution in [0.5, 0.6) is 0 Å². The van der Waals surface area contributed by atoms with Gasteiger partial charge >= 0.3 is 0 Å². The smallest absolute Gasteiger partial charge is 0.238 e. The molecule has 0 N–H and O–H groups in total. The molecule has 0 aromatic heterocycles. The molecule has 2 amide bonds. The van der Waals surface area contributed by atoms with Crippen molar-refractivity contribution in [2.45, 2.75) is 46.1 Å². The van der Waals surface area contributed by atoms with E-state index in [9.17, 15) is 9.59 Å². The van der Waals surface area contributed by atoms with E-state index in [2.05, 4.69) is 6.92 Å². The van der Waals surface area contributed by atoms with Crippen LogP contribution in [-0.4, -0.2) is 41.2 Å². The van der Waals surface area contributed by atoms with Gasteiger partial charge in [0, 0.05) is 26.2 Å². The number of hydrogen-bond acceptors (Lipinski definition) is 2. The first-order chi connectivity index (χ1) is 11.6. The van der Waals surface area contributed by atoms with E-state index in [1.807, 2.05) is 47.1 Å². The molecule has 1 saturated heterocycles. The minimum Gasteiger partial charge on any atom is -0.342 e. The highest BCUT2D eigenvalue weighted by Gasteiger charge is 2.59. The summed E-state index contributed by atoms with van der Waals surface area (Å²) in [4.78, 5) is 29.9. The first-order valence-electron chi connectivity index (χ1n) is 9.19. The molecule has 4 nitrogen and oxygen atoms in total. The van der Waals surface area contributed by atoms with E-state index in [-0.39, 0.29) is 11.8 Å². The summed E-state index contributed by atoms with van der Waals surface area (Å²) in [7, 11) is 0. The van der Waals surface area contributed by atoms with Crippen molar-refractivity contribution in [2.75, 3.05) is 19.6 Å². The number of likely N-dealkylation sites (tertiary alicyclic amines) is 1. The Morgan fingerprint density at radius 2 is 1.96 bits per heavy atom. The van der Waals surface area contributed by atoms with Crippen LogP contribution in [0.25, 0.3) is 0 Å². The Morgan fingerprint density at radius 1 is 1.25 bits per heavy atom. The lowest BCUT2D eigenvalue weighted by Gasteiger charge is -2.35. The lowest BCUT2D eigenvalue weighted by molar-refractivity contribution is -0.150. The molecule has 2 fully saturated rings. The first kappa shape index (κ1) is 17.0. The van der Waals surface area contributed by atoms with Crippen LogP contribution in [0, 0.1) is 11.3 Å². The predicted octanol–water partition coefficient (Wildman–Crippen LogP) is 3.07. The van der Waals surface area contributed by atoms with E-state index in [0.29, 0.717) is 31.8 Å². The van der Waals surface area contributed by atoms with Crippen LogP contribution in [0.3, 0.4) is 0 Å². The van der Waals surface area contributed by atoms with Crippen LogP contribution in [0.15, 0.2) is 30.3 Å². The van der Waals surface area contributed by atoms with Gasteiger partial charge in [-0.05, 0) is 44.1 Å². The standard InChI is InChI=1S/C20H28N2O2/c1-3-21(15-17-9-5-4-6-10-17)18(23)20(11-12-20)19(24)22-13-7-8-16(2)14-22/h4-6,9-10,16H,3,7-8,11-15H2,1-2H3. The van der Waals surface area contributed by atoms with Gasteiger partial charge in [0.1, 0.15) is 5.41 Å². The maximum atomic E-state index is 13.1. The van der Waals surface area contributed by atoms with Crippen LogP contribution in [0.2, 0.25) is 0 Å². The molecular formula is C20H28N2O2. The van der Waals surface area contributed by atoms with Crippen LogP contribution in [0.4, 0.5) is 0 Å². The molecule has 1 aromatic rings. The summed E-state index contributed by atoms with van der Waals surface area (Å²) in [6, 6.07) is 10.0. The number of benzene rings is 1. The van der Waals surface area contributed by atoms with Crippen molar-refractivity contribution in [3.05, 3.63) is 35.9 Å². The fraction of sp³-hybridized carbons (Fsp3) is 0.600. The van der Waals surface area contributed by atoms with Crippen molar-refractivity contribution in [1.82, 2.24) is 9.80 Å². The Kier molecular flexibility index (Phi) is 4.93. The number of amides is 2. The van der Waals surface area contributed by atoms with Gasteiger partial charge in [-0.25, -0.2) is 0 Å². The van der Waals surface area contributed by atoms with Crippen LogP contribution in [0.1, 0.15) is 45.1 Å². The average Bonchev–Trinajstić information content (AvgIpc) is 3.41. The Morgan fingerprint density at radius 3 is 2.54 bits per heavy atom. The third kappa shape index (κ3) is 3.33. The molecule has 1 aliphatic heterocycles. The van der Waals surface area contributed by atoms with Gasteiger partial charge in [0.05, 0.1) is 0 Å². The van der Waals surface area contributed by atoms with Gasteiger partial charge in [0.15, 0.2) is 0 Å². The molecule has 1 unspecified atom stereocenters. The third-order valence-corrected chi connectivity index (χ3v) is 5.40. The maximum absolute atomic E-state index is 13.1. The Labute approximate surface area is 144 Å². The highest BCUT2D eigenvalue weighted by Crippen LogP contribution is 2.49. The summed E-state index contributed by atoms with van der Waals surface area (Å²) in [5.41, 5.74) is 0.351. The summed E-state index contributed by atoms with van der Waals surface area (Å²) in [6.07, 6.45) is 3.65. The lowest BCUT2D eigenvalue weighted by atomic mass is 9.96. The molecule has 1 saturated carbocycles. The molecule has 1 heterocycles. The van der Waals surface area contributed by atoms with Gasteiger partial charge in [-0.2, -0.15) is 0 Å². The molecule has 0 bridgehead atoms. The van der Waals surface area contributed by atoms with Crippen molar-refractivity contribution < 1.29 is 9.59 Å². The second-order valence-corrected chi connectivity index (χ2v) is 7.39. The second-order valence-electron chi connectivity index (χ2n) is 7.39. The van der Waals surface area contributed by atoms with Crippen molar-refractivity contribution in [3.63, 3.8) is 0 Å². The number of rotatable bonds is 5. The van der Waals surface area contributed by atoms with Crippen LogP contribution in [-0.2, 0) is 16.1 Å². The van der Waals surface area contributed by atoms with E-state index in [1.165, 1.54) is 6.42 Å². The van der Waals surface area contributed by atoms with E-state index >= 15 is 0 Å².